The van der Waals surface area contributed by atoms with Gasteiger partial charge in [-0.3, -0.25) is 0 Å². The number of anilines is 1. The number of amides is 1. The predicted molar refractivity (Wildman–Crippen MR) is 140 cm³/mol. The molecule has 40 heavy (non-hydrogen) atoms. The topological polar surface area (TPSA) is 97.2 Å². The molecule has 0 spiro atoms. The number of aliphatic hydroxyl groups is 1. The van der Waals surface area contributed by atoms with Gasteiger partial charge in [0.05, 0.1) is 35.0 Å². The van der Waals surface area contributed by atoms with Crippen LogP contribution in [0.15, 0.2) is 4.47 Å². The van der Waals surface area contributed by atoms with Crippen molar-refractivity contribution in [3.63, 3.8) is 0 Å². The Hall–Kier alpha value is -2.61. The number of hydrogen-bond acceptors (Lipinski definition) is 8. The van der Waals surface area contributed by atoms with E-state index in [0.717, 1.165) is 0 Å². The molecule has 3 fully saturated rings. The van der Waals surface area contributed by atoms with Gasteiger partial charge < -0.3 is 29.1 Å². The first-order chi connectivity index (χ1) is 18.7. The van der Waals surface area contributed by atoms with Crippen LogP contribution >= 0.6 is 15.9 Å². The largest absolute Gasteiger partial charge is 0.493 e. The van der Waals surface area contributed by atoms with Crippen LogP contribution in [-0.4, -0.2) is 83.6 Å². The number of rotatable bonds is 6. The number of methoxy groups -OCH3 is 1. The highest BCUT2D eigenvalue weighted by Crippen LogP contribution is 2.60. The van der Waals surface area contributed by atoms with Gasteiger partial charge in [0.1, 0.15) is 23.5 Å². The van der Waals surface area contributed by atoms with Crippen molar-refractivity contribution in [1.82, 2.24) is 14.9 Å². The number of aromatic nitrogens is 2. The molecule has 3 heterocycles. The Balaban J connectivity index is 1.55. The Morgan fingerprint density at radius 2 is 1.90 bits per heavy atom. The zero-order valence-corrected chi connectivity index (χ0v) is 24.2. The van der Waals surface area contributed by atoms with E-state index < -0.39 is 64.8 Å². The molecule has 1 N–H and O–H groups in total. The second-order valence-corrected chi connectivity index (χ2v) is 12.6. The van der Waals surface area contributed by atoms with Gasteiger partial charge in [0.15, 0.2) is 17.4 Å². The van der Waals surface area contributed by atoms with Crippen molar-refractivity contribution >= 4 is 38.7 Å². The van der Waals surface area contributed by atoms with E-state index in [1.165, 1.54) is 7.11 Å². The molecule has 220 valence electrons. The summed E-state index contributed by atoms with van der Waals surface area (Å²) in [7, 11) is 1.23. The first kappa shape index (κ1) is 28.9. The van der Waals surface area contributed by atoms with E-state index >= 15 is 8.78 Å². The summed E-state index contributed by atoms with van der Waals surface area (Å²) in [5.41, 5.74) is -2.79. The van der Waals surface area contributed by atoms with Crippen molar-refractivity contribution in [2.75, 3.05) is 44.9 Å². The molecular formula is C26H31BrF4N4O5. The number of benzene rings is 1. The Morgan fingerprint density at radius 1 is 1.20 bits per heavy atom. The number of carbonyl (C=O) groups excluding carboxylic acids is 1. The van der Waals surface area contributed by atoms with Crippen LogP contribution in [0.25, 0.3) is 10.9 Å². The molecule has 0 radical (unpaired) electrons. The van der Waals surface area contributed by atoms with Gasteiger partial charge in [-0.15, -0.1) is 0 Å². The van der Waals surface area contributed by atoms with Gasteiger partial charge in [-0.05, 0) is 55.5 Å². The summed E-state index contributed by atoms with van der Waals surface area (Å²) in [6, 6.07) is -0.674. The highest BCUT2D eigenvalue weighted by molar-refractivity contribution is 9.10. The molecule has 2 aliphatic heterocycles. The molecule has 9 nitrogen and oxygen atoms in total. The van der Waals surface area contributed by atoms with Gasteiger partial charge in [-0.1, -0.05) is 0 Å². The third-order valence-electron chi connectivity index (χ3n) is 7.75. The van der Waals surface area contributed by atoms with Crippen molar-refractivity contribution in [2.24, 2.45) is 11.3 Å². The highest BCUT2D eigenvalue weighted by Gasteiger charge is 2.71. The Bertz CT molecular complexity index is 1340. The van der Waals surface area contributed by atoms with Crippen LogP contribution < -0.4 is 14.4 Å². The van der Waals surface area contributed by atoms with Crippen LogP contribution in [-0.2, 0) is 4.74 Å². The SMILES string of the molecule is COc1c(F)c(Br)c(F)c2nc(OCC3(CO)CC3(F)F)nc(N3CCC4CC(C3)N(C(=O)OC(C)(C)C)C4)c12. The fourth-order valence-corrected chi connectivity index (χ4v) is 5.83. The van der Waals surface area contributed by atoms with Gasteiger partial charge in [-0.25, -0.2) is 22.4 Å². The lowest BCUT2D eigenvalue weighted by Gasteiger charge is -2.34. The quantitative estimate of drug-likeness (QED) is 0.354. The van der Waals surface area contributed by atoms with E-state index in [4.69, 9.17) is 14.2 Å². The molecule has 1 aliphatic carbocycles. The number of likely N-dealkylation sites (tertiary alicyclic amines) is 1. The van der Waals surface area contributed by atoms with Gasteiger partial charge >= 0.3 is 12.1 Å². The monoisotopic (exact) mass is 634 g/mol. The maximum absolute atomic E-state index is 15.4. The second-order valence-electron chi connectivity index (χ2n) is 11.8. The number of halogens is 5. The number of nitrogens with zero attached hydrogens (tertiary/aromatic N) is 4. The Morgan fingerprint density at radius 3 is 2.50 bits per heavy atom. The van der Waals surface area contributed by atoms with Crippen molar-refractivity contribution in [2.45, 2.75) is 57.6 Å². The summed E-state index contributed by atoms with van der Waals surface area (Å²) < 4.78 is 74.3. The minimum Gasteiger partial charge on any atom is -0.493 e. The standard InChI is InChI=1S/C26H31BrF4N4O5/c1-24(2,3)40-23(37)35-8-13-5-6-34(9-14(35)7-13)21-15-19(17(28)16(27)18(29)20(15)38-4)32-22(33-21)39-12-25(11-36)10-26(25,30)31/h13-14,36H,5-12H2,1-4H3. The highest BCUT2D eigenvalue weighted by atomic mass is 79.9. The number of hydrogen-bond donors (Lipinski definition) is 1. The average molecular weight is 635 g/mol. The first-order valence-corrected chi connectivity index (χ1v) is 13.8. The van der Waals surface area contributed by atoms with E-state index in [9.17, 15) is 18.7 Å². The van der Waals surface area contributed by atoms with Gasteiger partial charge in [0, 0.05) is 26.1 Å². The third-order valence-corrected chi connectivity index (χ3v) is 8.45. The minimum absolute atomic E-state index is 0.0525. The summed E-state index contributed by atoms with van der Waals surface area (Å²) in [6.07, 6.45) is 0.352. The summed E-state index contributed by atoms with van der Waals surface area (Å²) in [6.45, 7) is 5.18. The van der Waals surface area contributed by atoms with E-state index in [1.54, 1.807) is 30.6 Å². The fraction of sp³-hybridized carbons (Fsp3) is 0.654. The molecule has 2 aromatic rings. The lowest BCUT2D eigenvalue weighted by atomic mass is 10.0. The molecule has 2 saturated heterocycles. The summed E-state index contributed by atoms with van der Waals surface area (Å²) in [5.74, 6) is -5.19. The van der Waals surface area contributed by atoms with Crippen LogP contribution in [0.1, 0.15) is 40.0 Å². The zero-order valence-electron chi connectivity index (χ0n) is 22.6. The van der Waals surface area contributed by atoms with E-state index in [-0.39, 0.29) is 41.0 Å². The van der Waals surface area contributed by atoms with Crippen molar-refractivity contribution < 1.29 is 41.7 Å². The zero-order chi connectivity index (χ0) is 29.2. The van der Waals surface area contributed by atoms with Crippen molar-refractivity contribution in [3.8, 4) is 11.8 Å². The third kappa shape index (κ3) is 5.01. The molecule has 1 amide bonds. The molecule has 3 aliphatic rings. The summed E-state index contributed by atoms with van der Waals surface area (Å²) >= 11 is 2.90. The Kier molecular flexibility index (Phi) is 7.25. The Labute approximate surface area is 236 Å². The minimum atomic E-state index is -3.11. The maximum Gasteiger partial charge on any atom is 0.410 e. The number of carbonyl (C=O) groups is 1. The molecule has 5 rings (SSSR count). The van der Waals surface area contributed by atoms with Gasteiger partial charge in [-0.2, -0.15) is 9.97 Å². The van der Waals surface area contributed by atoms with Crippen LogP contribution in [0.5, 0.6) is 11.8 Å². The van der Waals surface area contributed by atoms with E-state index in [0.29, 0.717) is 25.9 Å². The molecule has 3 atom stereocenters. The van der Waals surface area contributed by atoms with E-state index in [2.05, 4.69) is 25.9 Å². The summed E-state index contributed by atoms with van der Waals surface area (Å²) in [4.78, 5) is 24.9. The average Bonchev–Trinajstić information content (AvgIpc) is 3.30. The number of fused-ring (bicyclic) bond motifs is 3. The predicted octanol–water partition coefficient (Wildman–Crippen LogP) is 4.91. The van der Waals surface area contributed by atoms with Gasteiger partial charge in [0.2, 0.25) is 0 Å². The lowest BCUT2D eigenvalue weighted by molar-refractivity contribution is 0.0125. The smallest absolute Gasteiger partial charge is 0.410 e. The number of alkyl halides is 2. The molecule has 2 bridgehead atoms. The molecule has 14 heteroatoms. The van der Waals surface area contributed by atoms with Crippen molar-refractivity contribution in [1.29, 1.82) is 0 Å². The van der Waals surface area contributed by atoms with Crippen molar-refractivity contribution in [3.05, 3.63) is 16.1 Å². The van der Waals surface area contributed by atoms with Crippen LogP contribution in [0, 0.1) is 23.0 Å². The molecule has 1 aromatic heterocycles. The van der Waals surface area contributed by atoms with Crippen LogP contribution in [0.2, 0.25) is 0 Å². The number of ether oxygens (including phenoxy) is 3. The molecule has 3 unspecified atom stereocenters. The molecular weight excluding hydrogens is 604 g/mol. The summed E-state index contributed by atoms with van der Waals surface area (Å²) in [5, 5.41) is 9.48. The number of aliphatic hydroxyl groups excluding tert-OH is 1. The first-order valence-electron chi connectivity index (χ1n) is 13.0. The normalized spacial score (nSPS) is 25.6. The molecule has 1 saturated carbocycles. The fourth-order valence-electron chi connectivity index (χ4n) is 5.47. The van der Waals surface area contributed by atoms with E-state index in [1.807, 2.05) is 0 Å². The van der Waals surface area contributed by atoms with Gasteiger partial charge in [0.25, 0.3) is 5.92 Å². The second kappa shape index (κ2) is 10.0. The van der Waals surface area contributed by atoms with Crippen LogP contribution in [0.4, 0.5) is 28.2 Å². The molecule has 1 aromatic carbocycles. The lowest BCUT2D eigenvalue weighted by Crippen LogP contribution is -2.46. The van der Waals surface area contributed by atoms with Crippen LogP contribution in [0.3, 0.4) is 0 Å². The maximum atomic E-state index is 15.4.